The molecule has 0 saturated carbocycles. The third-order valence-corrected chi connectivity index (χ3v) is 11.2. The molecular formula is C15H26NSiSn. The summed E-state index contributed by atoms with van der Waals surface area (Å²) in [6.45, 7) is 16.5. The fourth-order valence-electron chi connectivity index (χ4n) is 2.11. The van der Waals surface area contributed by atoms with Crippen LogP contribution >= 0.6 is 0 Å². The van der Waals surface area contributed by atoms with Crippen molar-refractivity contribution in [3.8, 4) is 0 Å². The molecule has 1 nitrogen and oxygen atoms in total. The van der Waals surface area contributed by atoms with Crippen LogP contribution in [-0.4, -0.2) is 31.0 Å². The van der Waals surface area contributed by atoms with Gasteiger partial charge in [-0.2, -0.15) is 0 Å². The summed E-state index contributed by atoms with van der Waals surface area (Å²) >= 11 is 1.53. The molecule has 0 aromatic heterocycles. The minimum atomic E-state index is -1.28. The van der Waals surface area contributed by atoms with E-state index in [1.807, 2.05) is 0 Å². The van der Waals surface area contributed by atoms with Crippen LogP contribution in [0.3, 0.4) is 0 Å². The van der Waals surface area contributed by atoms with Gasteiger partial charge in [0.2, 0.25) is 0 Å². The Bertz CT molecular complexity index is 381. The average Bonchev–Trinajstić information content (AvgIpc) is 2.25. The van der Waals surface area contributed by atoms with Crippen LogP contribution in [0, 0.1) is 0 Å². The van der Waals surface area contributed by atoms with Gasteiger partial charge in [-0.05, 0) is 0 Å². The molecule has 0 N–H and O–H groups in total. The maximum atomic E-state index is 2.66. The van der Waals surface area contributed by atoms with Gasteiger partial charge in [-0.15, -0.1) is 0 Å². The van der Waals surface area contributed by atoms with Crippen LogP contribution in [0.4, 0.5) is 5.69 Å². The summed E-state index contributed by atoms with van der Waals surface area (Å²) in [4.78, 5) is 0. The number of rotatable bonds is 4. The van der Waals surface area contributed by atoms with Crippen LogP contribution in [0.2, 0.25) is 19.6 Å². The molecule has 1 aromatic rings. The molecule has 0 amide bonds. The molecule has 0 aliphatic rings. The normalized spacial score (nSPS) is 12.3. The molecule has 0 saturated heterocycles. The Kier molecular flexibility index (Phi) is 5.36. The Balaban J connectivity index is 3.45. The maximum absolute atomic E-state index is 2.66. The molecule has 0 aliphatic carbocycles. The summed E-state index contributed by atoms with van der Waals surface area (Å²) < 4.78 is 2.66. The number of hydrogen-bond donors (Lipinski definition) is 0. The first-order valence-corrected chi connectivity index (χ1v) is 11.5. The fraction of sp³-hybridized carbons (Fsp3) is 0.600. The zero-order valence-corrected chi connectivity index (χ0v) is 16.7. The van der Waals surface area contributed by atoms with E-state index in [0.29, 0.717) is 11.8 Å². The van der Waals surface area contributed by atoms with Gasteiger partial charge in [-0.25, -0.2) is 0 Å². The van der Waals surface area contributed by atoms with Gasteiger partial charge >= 0.3 is 128 Å². The summed E-state index contributed by atoms with van der Waals surface area (Å²) in [5.41, 5.74) is 4.56. The quantitative estimate of drug-likeness (QED) is 0.700. The van der Waals surface area contributed by atoms with Gasteiger partial charge in [0.1, 0.15) is 0 Å². The van der Waals surface area contributed by atoms with E-state index in [4.69, 9.17) is 0 Å². The Morgan fingerprint density at radius 2 is 1.33 bits per heavy atom. The Morgan fingerprint density at radius 1 is 0.944 bits per heavy atom. The first kappa shape index (κ1) is 16.1. The average molecular weight is 367 g/mol. The number of nitrogens with zero attached hydrogens (tertiary/aromatic N) is 1. The molecule has 0 unspecified atom stereocenters. The molecule has 0 spiro atoms. The van der Waals surface area contributed by atoms with Crippen molar-refractivity contribution in [2.45, 2.75) is 59.2 Å². The van der Waals surface area contributed by atoms with Crippen molar-refractivity contribution in [3.63, 3.8) is 0 Å². The molecule has 18 heavy (non-hydrogen) atoms. The van der Waals surface area contributed by atoms with Crippen molar-refractivity contribution in [2.24, 2.45) is 0 Å². The molecule has 0 heterocycles. The second-order valence-corrected chi connectivity index (χ2v) is 13.9. The summed E-state index contributed by atoms with van der Waals surface area (Å²) in [6.07, 6.45) is 0. The fourth-order valence-corrected chi connectivity index (χ4v) is 3.77. The number of para-hydroxylation sites is 1. The number of anilines is 1. The van der Waals surface area contributed by atoms with Gasteiger partial charge in [0.25, 0.3) is 0 Å². The van der Waals surface area contributed by atoms with E-state index in [2.05, 4.69) is 68.3 Å². The van der Waals surface area contributed by atoms with E-state index in [1.54, 1.807) is 0 Å². The van der Waals surface area contributed by atoms with E-state index in [9.17, 15) is 0 Å². The summed E-state index contributed by atoms with van der Waals surface area (Å²) in [5, 5.41) is 0. The number of hydrogen-bond acceptors (Lipinski definition) is 1. The molecule has 1 rings (SSSR count). The molecule has 3 radical (unpaired) electrons. The third kappa shape index (κ3) is 3.53. The zero-order valence-electron chi connectivity index (χ0n) is 12.8. The predicted molar refractivity (Wildman–Crippen MR) is 86.2 cm³/mol. The van der Waals surface area contributed by atoms with Gasteiger partial charge in [0, 0.05) is 0 Å². The van der Waals surface area contributed by atoms with Crippen LogP contribution in [-0.2, 0) is 0 Å². The van der Waals surface area contributed by atoms with Gasteiger partial charge < -0.3 is 0 Å². The summed E-state index contributed by atoms with van der Waals surface area (Å²) in [6, 6.07) is 6.84. The van der Waals surface area contributed by atoms with Gasteiger partial charge in [-0.3, -0.25) is 0 Å². The first-order chi connectivity index (χ1) is 8.16. The predicted octanol–water partition coefficient (Wildman–Crippen LogP) is 4.66. The molecular weight excluding hydrogens is 341 g/mol. The molecule has 0 atom stereocenters. The topological polar surface area (TPSA) is 3.24 Å². The second kappa shape index (κ2) is 5.99. The van der Waals surface area contributed by atoms with Gasteiger partial charge in [-0.1, -0.05) is 0 Å². The first-order valence-electron chi connectivity index (χ1n) is 6.80. The monoisotopic (exact) mass is 368 g/mol. The van der Waals surface area contributed by atoms with E-state index in [0.717, 1.165) is 0 Å². The van der Waals surface area contributed by atoms with Gasteiger partial charge in [0.15, 0.2) is 0 Å². The van der Waals surface area contributed by atoms with E-state index in [-0.39, 0.29) is 0 Å². The molecule has 0 bridgehead atoms. The van der Waals surface area contributed by atoms with Crippen molar-refractivity contribution < 1.29 is 0 Å². The van der Waals surface area contributed by atoms with Crippen molar-refractivity contribution >= 4 is 36.7 Å². The van der Waals surface area contributed by atoms with E-state index >= 15 is 0 Å². The second-order valence-electron chi connectivity index (χ2n) is 6.60. The summed E-state index contributed by atoms with van der Waals surface area (Å²) in [7, 11) is -1.28. The Hall–Kier alpha value is 0.0356. The minimum absolute atomic E-state index is 0.595. The molecule has 0 fully saturated rings. The van der Waals surface area contributed by atoms with E-state index in [1.165, 1.54) is 39.6 Å². The van der Waals surface area contributed by atoms with Crippen LogP contribution < -0.4 is 2.79 Å². The zero-order chi connectivity index (χ0) is 14.1. The SMILES string of the molecule is CC(C)c1cccc(C(C)C)c1[N]([Sn])[Si](C)(C)C. The molecule has 1 aromatic carbocycles. The third-order valence-electron chi connectivity index (χ3n) is 3.24. The molecule has 99 valence electrons. The van der Waals surface area contributed by atoms with Crippen molar-refractivity contribution in [3.05, 3.63) is 29.3 Å². The Labute approximate surface area is 128 Å². The summed E-state index contributed by atoms with van der Waals surface area (Å²) in [5.74, 6) is 1.19. The number of benzene rings is 1. The van der Waals surface area contributed by atoms with Crippen LogP contribution in [0.15, 0.2) is 18.2 Å². The van der Waals surface area contributed by atoms with Crippen LogP contribution in [0.1, 0.15) is 50.7 Å². The van der Waals surface area contributed by atoms with Crippen LogP contribution in [0.25, 0.3) is 0 Å². The molecule has 3 heteroatoms. The van der Waals surface area contributed by atoms with Gasteiger partial charge in [0.05, 0.1) is 0 Å². The van der Waals surface area contributed by atoms with Crippen molar-refractivity contribution in [1.82, 2.24) is 0 Å². The molecule has 0 aliphatic heterocycles. The Morgan fingerprint density at radius 3 is 1.61 bits per heavy atom. The van der Waals surface area contributed by atoms with E-state index < -0.39 is 8.24 Å². The van der Waals surface area contributed by atoms with Crippen LogP contribution in [0.5, 0.6) is 0 Å². The van der Waals surface area contributed by atoms with Crippen molar-refractivity contribution in [1.29, 1.82) is 0 Å². The standard InChI is InChI=1S/C15H26NSi.Sn/c1-11(2)13-9-8-10-14(12(3)4)15(13)16-17(5,6)7;/h8-12H,1-7H3;/q-1;+1. The van der Waals surface area contributed by atoms with Crippen molar-refractivity contribution in [2.75, 3.05) is 2.79 Å².